The van der Waals surface area contributed by atoms with Crippen LogP contribution in [0.1, 0.15) is 25.3 Å². The number of piperidine rings is 1. The van der Waals surface area contributed by atoms with Crippen LogP contribution in [0.25, 0.3) is 0 Å². The van der Waals surface area contributed by atoms with Gasteiger partial charge in [0.2, 0.25) is 0 Å². The lowest BCUT2D eigenvalue weighted by Gasteiger charge is -2.30. The second kappa shape index (κ2) is 6.67. The van der Waals surface area contributed by atoms with Gasteiger partial charge >= 0.3 is 0 Å². The first-order chi connectivity index (χ1) is 9.60. The molecule has 1 heterocycles. The number of hydrogen-bond acceptors (Lipinski definition) is 3. The van der Waals surface area contributed by atoms with Crippen molar-refractivity contribution in [1.82, 2.24) is 4.90 Å². The average molecular weight is 279 g/mol. The van der Waals surface area contributed by atoms with Crippen LogP contribution in [0.2, 0.25) is 0 Å². The molecular weight excluding hydrogens is 260 g/mol. The van der Waals surface area contributed by atoms with E-state index in [1.807, 2.05) is 0 Å². The number of anilines is 1. The number of benzene rings is 1. The summed E-state index contributed by atoms with van der Waals surface area (Å²) in [5, 5.41) is 11.4. The Kier molecular flexibility index (Phi) is 4.91. The van der Waals surface area contributed by atoms with Crippen molar-refractivity contribution in [1.29, 1.82) is 5.26 Å². The molecule has 0 bridgehead atoms. The van der Waals surface area contributed by atoms with Crippen LogP contribution in [0.4, 0.5) is 14.5 Å². The topological polar surface area (TPSA) is 39.1 Å². The van der Waals surface area contributed by atoms with Crippen molar-refractivity contribution in [2.75, 3.05) is 31.5 Å². The lowest BCUT2D eigenvalue weighted by atomic mass is 9.99. The molecule has 0 aromatic heterocycles. The number of hydrogen-bond donors (Lipinski definition) is 1. The number of nitrogens with one attached hydrogen (secondary N) is 1. The fourth-order valence-corrected chi connectivity index (χ4v) is 2.43. The Balaban J connectivity index is 1.87. The molecule has 0 amide bonds. The fourth-order valence-electron chi connectivity index (χ4n) is 2.43. The van der Waals surface area contributed by atoms with Crippen LogP contribution in [-0.4, -0.2) is 31.1 Å². The molecule has 1 saturated heterocycles. The predicted octanol–water partition coefficient (Wildman–Crippen LogP) is 2.98. The van der Waals surface area contributed by atoms with Crippen LogP contribution in [0.15, 0.2) is 12.1 Å². The minimum absolute atomic E-state index is 0.00410. The molecule has 0 spiro atoms. The number of halogens is 2. The molecule has 3 nitrogen and oxygen atoms in total. The molecule has 1 aliphatic rings. The smallest absolute Gasteiger partial charge is 0.150 e. The van der Waals surface area contributed by atoms with Crippen LogP contribution in [-0.2, 0) is 0 Å². The van der Waals surface area contributed by atoms with E-state index in [0.717, 1.165) is 37.7 Å². The Labute approximate surface area is 118 Å². The average Bonchev–Trinajstić information content (AvgIpc) is 2.43. The maximum absolute atomic E-state index is 13.6. The van der Waals surface area contributed by atoms with Crippen LogP contribution in [0.5, 0.6) is 0 Å². The third kappa shape index (κ3) is 3.67. The van der Waals surface area contributed by atoms with Crippen molar-refractivity contribution in [2.45, 2.75) is 19.8 Å². The van der Waals surface area contributed by atoms with Gasteiger partial charge in [-0.1, -0.05) is 6.92 Å². The van der Waals surface area contributed by atoms with Crippen molar-refractivity contribution in [3.05, 3.63) is 29.3 Å². The maximum atomic E-state index is 13.6. The summed E-state index contributed by atoms with van der Waals surface area (Å²) < 4.78 is 27.3. The summed E-state index contributed by atoms with van der Waals surface area (Å²) >= 11 is 0. The summed E-state index contributed by atoms with van der Waals surface area (Å²) in [4.78, 5) is 2.30. The van der Waals surface area contributed by atoms with E-state index < -0.39 is 11.6 Å². The monoisotopic (exact) mass is 279 g/mol. The molecule has 1 aromatic carbocycles. The van der Waals surface area contributed by atoms with E-state index in [4.69, 9.17) is 5.26 Å². The van der Waals surface area contributed by atoms with Gasteiger partial charge in [-0.3, -0.25) is 0 Å². The molecule has 0 unspecified atom stereocenters. The Bertz CT molecular complexity index is 479. The summed E-state index contributed by atoms with van der Waals surface area (Å²) in [6.07, 6.45) is 2.36. The number of rotatable bonds is 4. The molecule has 0 atom stereocenters. The van der Waals surface area contributed by atoms with Crippen molar-refractivity contribution >= 4 is 5.69 Å². The second-order valence-corrected chi connectivity index (χ2v) is 5.38. The van der Waals surface area contributed by atoms with Gasteiger partial charge in [0.05, 0.1) is 11.6 Å². The SMILES string of the molecule is CC1CCN(CCNc2c(F)cc(C#N)cc2F)CC1. The third-order valence-corrected chi connectivity index (χ3v) is 3.78. The molecule has 1 fully saturated rings. The molecular formula is C15H19F2N3. The van der Waals surface area contributed by atoms with Crippen LogP contribution in [0.3, 0.4) is 0 Å². The van der Waals surface area contributed by atoms with Gasteiger partial charge in [-0.05, 0) is 44.0 Å². The molecule has 0 saturated carbocycles. The van der Waals surface area contributed by atoms with Crippen LogP contribution < -0.4 is 5.32 Å². The molecule has 0 radical (unpaired) electrons. The van der Waals surface area contributed by atoms with Gasteiger partial charge in [-0.2, -0.15) is 5.26 Å². The summed E-state index contributed by atoms with van der Waals surface area (Å²) in [6.45, 7) is 5.60. The largest absolute Gasteiger partial charge is 0.379 e. The number of nitriles is 1. The highest BCUT2D eigenvalue weighted by Gasteiger charge is 2.16. The van der Waals surface area contributed by atoms with Crippen molar-refractivity contribution in [3.8, 4) is 6.07 Å². The molecule has 0 aliphatic carbocycles. The van der Waals surface area contributed by atoms with E-state index in [0.29, 0.717) is 6.54 Å². The highest BCUT2D eigenvalue weighted by molar-refractivity contribution is 5.50. The summed E-state index contributed by atoms with van der Waals surface area (Å²) in [6, 6.07) is 3.83. The summed E-state index contributed by atoms with van der Waals surface area (Å²) in [5.74, 6) is -0.657. The van der Waals surface area contributed by atoms with E-state index >= 15 is 0 Å². The molecule has 5 heteroatoms. The fraction of sp³-hybridized carbons (Fsp3) is 0.533. The first kappa shape index (κ1) is 14.7. The molecule has 108 valence electrons. The van der Waals surface area contributed by atoms with Gasteiger partial charge in [0.25, 0.3) is 0 Å². The van der Waals surface area contributed by atoms with E-state index in [9.17, 15) is 8.78 Å². The highest BCUT2D eigenvalue weighted by atomic mass is 19.1. The van der Waals surface area contributed by atoms with Crippen molar-refractivity contribution in [3.63, 3.8) is 0 Å². The van der Waals surface area contributed by atoms with E-state index in [1.54, 1.807) is 6.07 Å². The van der Waals surface area contributed by atoms with E-state index in [-0.39, 0.29) is 11.3 Å². The minimum Gasteiger partial charge on any atom is -0.379 e. The van der Waals surface area contributed by atoms with Crippen LogP contribution in [0, 0.1) is 28.9 Å². The van der Waals surface area contributed by atoms with Gasteiger partial charge in [0, 0.05) is 13.1 Å². The number of nitrogens with zero attached hydrogens (tertiary/aromatic N) is 2. The first-order valence-electron chi connectivity index (χ1n) is 6.95. The zero-order valence-corrected chi connectivity index (χ0v) is 11.6. The Hall–Kier alpha value is -1.67. The van der Waals surface area contributed by atoms with Gasteiger partial charge in [0.15, 0.2) is 11.6 Å². The van der Waals surface area contributed by atoms with Gasteiger partial charge < -0.3 is 10.2 Å². The molecule has 1 aliphatic heterocycles. The molecule has 1 N–H and O–H groups in total. The van der Waals surface area contributed by atoms with Crippen molar-refractivity contribution < 1.29 is 8.78 Å². The lowest BCUT2D eigenvalue weighted by Crippen LogP contribution is -2.36. The Morgan fingerprint density at radius 3 is 2.45 bits per heavy atom. The minimum atomic E-state index is -0.714. The number of likely N-dealkylation sites (tertiary alicyclic amines) is 1. The second-order valence-electron chi connectivity index (χ2n) is 5.38. The predicted molar refractivity (Wildman–Crippen MR) is 74.4 cm³/mol. The highest BCUT2D eigenvalue weighted by Crippen LogP contribution is 2.20. The quantitative estimate of drug-likeness (QED) is 0.921. The van der Waals surface area contributed by atoms with E-state index in [2.05, 4.69) is 17.1 Å². The molecule has 1 aromatic rings. The zero-order chi connectivity index (χ0) is 14.5. The summed E-state index contributed by atoms with van der Waals surface area (Å²) in [5.41, 5.74) is -0.148. The lowest BCUT2D eigenvalue weighted by molar-refractivity contribution is 0.199. The standard InChI is InChI=1S/C15H19F2N3/c1-11-2-5-20(6-3-11)7-4-19-15-13(16)8-12(10-18)9-14(15)17/h8-9,11,19H,2-7H2,1H3. The third-order valence-electron chi connectivity index (χ3n) is 3.78. The first-order valence-corrected chi connectivity index (χ1v) is 6.95. The zero-order valence-electron chi connectivity index (χ0n) is 11.6. The van der Waals surface area contributed by atoms with Crippen molar-refractivity contribution in [2.24, 2.45) is 5.92 Å². The Morgan fingerprint density at radius 2 is 1.90 bits per heavy atom. The molecule has 2 rings (SSSR count). The van der Waals surface area contributed by atoms with Gasteiger partial charge in [-0.25, -0.2) is 8.78 Å². The van der Waals surface area contributed by atoms with Gasteiger partial charge in [0.1, 0.15) is 5.69 Å². The van der Waals surface area contributed by atoms with Gasteiger partial charge in [-0.15, -0.1) is 0 Å². The normalized spacial score (nSPS) is 16.9. The van der Waals surface area contributed by atoms with Crippen LogP contribution >= 0.6 is 0 Å². The maximum Gasteiger partial charge on any atom is 0.150 e. The Morgan fingerprint density at radius 1 is 1.30 bits per heavy atom. The molecule has 20 heavy (non-hydrogen) atoms. The van der Waals surface area contributed by atoms with E-state index in [1.165, 1.54) is 12.8 Å². The summed E-state index contributed by atoms with van der Waals surface area (Å²) in [7, 11) is 0.